The zero-order valence-corrected chi connectivity index (χ0v) is 12.0. The van der Waals surface area contributed by atoms with E-state index in [1.807, 2.05) is 12.1 Å². The molecular formula is C16H13NO3S. The maximum absolute atomic E-state index is 12.1. The van der Waals surface area contributed by atoms with Crippen LogP contribution in [0.25, 0.3) is 0 Å². The summed E-state index contributed by atoms with van der Waals surface area (Å²) in [5.41, 5.74) is 2.29. The van der Waals surface area contributed by atoms with Crippen molar-refractivity contribution in [2.24, 2.45) is 0 Å². The lowest BCUT2D eigenvalue weighted by molar-refractivity contribution is 0.0696. The van der Waals surface area contributed by atoms with Crippen molar-refractivity contribution in [2.75, 3.05) is 0 Å². The molecule has 1 atom stereocenters. The highest BCUT2D eigenvalue weighted by molar-refractivity contribution is 7.83. The van der Waals surface area contributed by atoms with Crippen molar-refractivity contribution in [1.82, 2.24) is 0 Å². The number of rotatable bonds is 5. The first-order chi connectivity index (χ1) is 10.1. The summed E-state index contributed by atoms with van der Waals surface area (Å²) in [4.78, 5) is 10.9. The van der Waals surface area contributed by atoms with E-state index >= 15 is 0 Å². The lowest BCUT2D eigenvalue weighted by Gasteiger charge is -2.04. The summed E-state index contributed by atoms with van der Waals surface area (Å²) in [5.74, 6) is -0.366. The van der Waals surface area contributed by atoms with E-state index in [4.69, 9.17) is 10.4 Å². The van der Waals surface area contributed by atoms with E-state index in [1.54, 1.807) is 30.3 Å². The van der Waals surface area contributed by atoms with Crippen molar-refractivity contribution in [1.29, 1.82) is 5.26 Å². The Bertz CT molecular complexity index is 734. The lowest BCUT2D eigenvalue weighted by atomic mass is 10.1. The van der Waals surface area contributed by atoms with Crippen LogP contribution >= 0.6 is 0 Å². The van der Waals surface area contributed by atoms with Crippen molar-refractivity contribution >= 4 is 16.8 Å². The van der Waals surface area contributed by atoms with Crippen LogP contribution in [0.5, 0.6) is 0 Å². The van der Waals surface area contributed by atoms with Crippen LogP contribution in [0.4, 0.5) is 0 Å². The van der Waals surface area contributed by atoms with Gasteiger partial charge in [0, 0.05) is 22.3 Å². The predicted molar refractivity (Wildman–Crippen MR) is 80.1 cm³/mol. The number of hydrogen-bond acceptors (Lipinski definition) is 3. The van der Waals surface area contributed by atoms with Crippen LogP contribution in [-0.4, -0.2) is 15.3 Å². The molecule has 2 aromatic rings. The van der Waals surface area contributed by atoms with Gasteiger partial charge in [-0.05, 0) is 35.4 Å². The molecule has 5 heteroatoms. The van der Waals surface area contributed by atoms with E-state index in [2.05, 4.69) is 0 Å². The second kappa shape index (κ2) is 6.82. The standard InChI is InChI=1S/C16H13NO3S/c17-9-12-3-1-4-13(7-12)10-21(20)11-14-5-2-6-15(8-14)16(18)19/h1-8H,10-11H2,(H,18,19). The van der Waals surface area contributed by atoms with Gasteiger partial charge in [-0.1, -0.05) is 24.3 Å². The molecule has 1 N–H and O–H groups in total. The van der Waals surface area contributed by atoms with Gasteiger partial charge >= 0.3 is 5.97 Å². The molecule has 0 aliphatic carbocycles. The number of carboxylic acid groups (broad SMARTS) is 1. The average Bonchev–Trinajstić information content (AvgIpc) is 2.47. The Morgan fingerprint density at radius 3 is 2.33 bits per heavy atom. The van der Waals surface area contributed by atoms with Crippen molar-refractivity contribution < 1.29 is 14.1 Å². The third-order valence-electron chi connectivity index (χ3n) is 2.89. The fourth-order valence-corrected chi connectivity index (χ4v) is 3.15. The molecule has 0 amide bonds. The van der Waals surface area contributed by atoms with Crippen LogP contribution in [0.1, 0.15) is 27.0 Å². The maximum Gasteiger partial charge on any atom is 0.335 e. The quantitative estimate of drug-likeness (QED) is 0.920. The van der Waals surface area contributed by atoms with Crippen molar-refractivity contribution in [2.45, 2.75) is 11.5 Å². The summed E-state index contributed by atoms with van der Waals surface area (Å²) in [6, 6.07) is 15.5. The first-order valence-corrected chi connectivity index (χ1v) is 7.73. The summed E-state index contributed by atoms with van der Waals surface area (Å²) in [6.45, 7) is 0. The zero-order chi connectivity index (χ0) is 15.2. The van der Waals surface area contributed by atoms with Gasteiger partial charge in [0.2, 0.25) is 0 Å². The first-order valence-electron chi connectivity index (χ1n) is 6.25. The van der Waals surface area contributed by atoms with Gasteiger partial charge in [-0.3, -0.25) is 4.21 Å². The molecular weight excluding hydrogens is 286 g/mol. The van der Waals surface area contributed by atoms with Crippen LogP contribution < -0.4 is 0 Å². The van der Waals surface area contributed by atoms with Gasteiger partial charge in [-0.25, -0.2) is 4.79 Å². The van der Waals surface area contributed by atoms with Gasteiger partial charge in [-0.15, -0.1) is 0 Å². The summed E-state index contributed by atoms with van der Waals surface area (Å²) in [6.07, 6.45) is 0. The highest BCUT2D eigenvalue weighted by Crippen LogP contribution is 2.12. The molecule has 2 rings (SSSR count). The molecule has 0 fully saturated rings. The van der Waals surface area contributed by atoms with Crippen molar-refractivity contribution in [3.63, 3.8) is 0 Å². The Hall–Kier alpha value is -2.45. The summed E-state index contributed by atoms with van der Waals surface area (Å²) < 4.78 is 12.1. The molecule has 106 valence electrons. The van der Waals surface area contributed by atoms with Gasteiger partial charge < -0.3 is 5.11 Å². The number of benzene rings is 2. The number of nitriles is 1. The Morgan fingerprint density at radius 2 is 1.71 bits per heavy atom. The molecule has 0 aliphatic heterocycles. The molecule has 21 heavy (non-hydrogen) atoms. The zero-order valence-electron chi connectivity index (χ0n) is 11.2. The topological polar surface area (TPSA) is 78.2 Å². The van der Waals surface area contributed by atoms with E-state index in [0.29, 0.717) is 11.3 Å². The van der Waals surface area contributed by atoms with Gasteiger partial charge in [0.25, 0.3) is 0 Å². The second-order valence-electron chi connectivity index (χ2n) is 4.55. The Labute approximate surface area is 125 Å². The average molecular weight is 299 g/mol. The molecule has 4 nitrogen and oxygen atoms in total. The first kappa shape index (κ1) is 14.9. The third-order valence-corrected chi connectivity index (χ3v) is 4.20. The normalized spacial score (nSPS) is 11.6. The Balaban J connectivity index is 2.06. The molecule has 0 saturated heterocycles. The minimum atomic E-state index is -1.16. The number of aromatic carboxylic acids is 1. The third kappa shape index (κ3) is 4.26. The van der Waals surface area contributed by atoms with Gasteiger partial charge in [0.15, 0.2) is 0 Å². The monoisotopic (exact) mass is 299 g/mol. The van der Waals surface area contributed by atoms with Crippen LogP contribution in [0.3, 0.4) is 0 Å². The molecule has 0 radical (unpaired) electrons. The summed E-state index contributed by atoms with van der Waals surface area (Å²) in [7, 11) is -1.16. The fraction of sp³-hybridized carbons (Fsp3) is 0.125. The number of carboxylic acids is 1. The number of carbonyl (C=O) groups is 1. The van der Waals surface area contributed by atoms with Crippen LogP contribution in [0.2, 0.25) is 0 Å². The molecule has 0 bridgehead atoms. The van der Waals surface area contributed by atoms with Gasteiger partial charge in [0.1, 0.15) is 0 Å². The molecule has 0 aliphatic rings. The van der Waals surface area contributed by atoms with E-state index < -0.39 is 16.8 Å². The molecule has 2 aromatic carbocycles. The SMILES string of the molecule is N#Cc1cccc(CS(=O)Cc2cccc(C(=O)O)c2)c1. The lowest BCUT2D eigenvalue weighted by Crippen LogP contribution is -2.02. The van der Waals surface area contributed by atoms with Crippen LogP contribution in [-0.2, 0) is 22.3 Å². The van der Waals surface area contributed by atoms with Crippen LogP contribution in [0, 0.1) is 11.3 Å². The van der Waals surface area contributed by atoms with Crippen molar-refractivity contribution in [3.8, 4) is 6.07 Å². The highest BCUT2D eigenvalue weighted by atomic mass is 32.2. The Kier molecular flexibility index (Phi) is 4.85. The minimum absolute atomic E-state index is 0.191. The van der Waals surface area contributed by atoms with E-state index in [-0.39, 0.29) is 11.3 Å². The predicted octanol–water partition coefficient (Wildman–Crippen LogP) is 2.71. The largest absolute Gasteiger partial charge is 0.478 e. The van der Waals surface area contributed by atoms with E-state index in [0.717, 1.165) is 11.1 Å². The van der Waals surface area contributed by atoms with Gasteiger partial charge in [-0.2, -0.15) is 5.26 Å². The highest BCUT2D eigenvalue weighted by Gasteiger charge is 2.07. The van der Waals surface area contributed by atoms with Gasteiger partial charge in [0.05, 0.1) is 17.2 Å². The Morgan fingerprint density at radius 1 is 1.10 bits per heavy atom. The maximum atomic E-state index is 12.1. The molecule has 0 aromatic heterocycles. The summed E-state index contributed by atoms with van der Waals surface area (Å²) in [5, 5.41) is 17.8. The molecule has 0 heterocycles. The number of hydrogen-bond donors (Lipinski definition) is 1. The van der Waals surface area contributed by atoms with E-state index in [1.165, 1.54) is 12.1 Å². The molecule has 1 unspecified atom stereocenters. The molecule has 0 saturated carbocycles. The van der Waals surface area contributed by atoms with Crippen LogP contribution in [0.15, 0.2) is 48.5 Å². The fourth-order valence-electron chi connectivity index (χ4n) is 1.95. The summed E-state index contributed by atoms with van der Waals surface area (Å²) >= 11 is 0. The second-order valence-corrected chi connectivity index (χ2v) is 6.00. The smallest absolute Gasteiger partial charge is 0.335 e. The number of nitrogens with zero attached hydrogens (tertiary/aromatic N) is 1. The minimum Gasteiger partial charge on any atom is -0.478 e. The molecule has 0 spiro atoms. The van der Waals surface area contributed by atoms with Crippen molar-refractivity contribution in [3.05, 3.63) is 70.8 Å². The van der Waals surface area contributed by atoms with E-state index in [9.17, 15) is 9.00 Å².